The van der Waals surface area contributed by atoms with E-state index in [2.05, 4.69) is 5.32 Å². The highest BCUT2D eigenvalue weighted by Gasteiger charge is 2.53. The molecule has 4 atom stereocenters. The molecule has 3 heterocycles. The lowest BCUT2D eigenvalue weighted by Gasteiger charge is -2.31. The van der Waals surface area contributed by atoms with Crippen LogP contribution in [0.15, 0.2) is 42.5 Å². The predicted molar refractivity (Wildman–Crippen MR) is 158 cm³/mol. The topological polar surface area (TPSA) is 105 Å². The van der Waals surface area contributed by atoms with E-state index in [1.807, 2.05) is 71.0 Å². The summed E-state index contributed by atoms with van der Waals surface area (Å²) in [4.78, 5) is 57.3. The summed E-state index contributed by atoms with van der Waals surface area (Å²) in [5.74, 6) is -0.618. The number of ether oxygens (including phenoxy) is 2. The summed E-state index contributed by atoms with van der Waals surface area (Å²) in [6, 6.07) is 11.4. The van der Waals surface area contributed by atoms with Gasteiger partial charge in [0.1, 0.15) is 18.2 Å². The fourth-order valence-corrected chi connectivity index (χ4v) is 6.52. The molecule has 0 bridgehead atoms. The van der Waals surface area contributed by atoms with Crippen molar-refractivity contribution < 1.29 is 28.7 Å². The Morgan fingerprint density at radius 2 is 1.76 bits per heavy atom. The number of nitrogens with zero attached hydrogens (tertiary/aromatic N) is 2. The minimum atomic E-state index is -0.861. The minimum absolute atomic E-state index is 0.0472. The van der Waals surface area contributed by atoms with Crippen LogP contribution in [0.2, 0.25) is 0 Å². The number of benzene rings is 1. The lowest BCUT2D eigenvalue weighted by Crippen LogP contribution is -2.53. The van der Waals surface area contributed by atoms with Crippen molar-refractivity contribution in [1.29, 1.82) is 0 Å². The van der Waals surface area contributed by atoms with Crippen molar-refractivity contribution >= 4 is 35.0 Å². The highest BCUT2D eigenvalue weighted by Crippen LogP contribution is 2.34. The number of ketones is 1. The van der Waals surface area contributed by atoms with Crippen molar-refractivity contribution in [3.8, 4) is 15.5 Å². The number of methoxy groups -OCH3 is 1. The maximum absolute atomic E-state index is 13.8. The molecule has 1 aromatic heterocycles. The number of hydrogen-bond donors (Lipinski definition) is 1. The fraction of sp³-hybridized carbons (Fsp3) is 0.548. The van der Waals surface area contributed by atoms with Crippen LogP contribution in [0.25, 0.3) is 10.4 Å². The first-order valence-corrected chi connectivity index (χ1v) is 15.0. The van der Waals surface area contributed by atoms with Crippen LogP contribution in [0.4, 0.5) is 4.79 Å². The number of fused-ring (bicyclic) bond motifs is 1. The second-order valence-electron chi connectivity index (χ2n) is 12.5. The Bertz CT molecular complexity index is 1250. The van der Waals surface area contributed by atoms with Crippen molar-refractivity contribution in [3.63, 3.8) is 0 Å². The van der Waals surface area contributed by atoms with Crippen LogP contribution in [0.3, 0.4) is 0 Å². The number of rotatable bonds is 9. The Morgan fingerprint density at radius 1 is 1.05 bits per heavy atom. The van der Waals surface area contributed by atoms with E-state index in [0.29, 0.717) is 30.9 Å². The standard InChI is InChI=1S/C31H41N3O6S/c1-19(2)16-21(32-30(38)40-26-13-12-25(41-26)20-10-8-7-9-11-20)28(36)33-15-14-22-27(33)23(35)18-34(22)29(37)24(39-6)17-31(3,4)5/h7-13,19,21-22,24,27H,14-18H2,1-6H3,(H,32,38). The molecule has 10 heteroatoms. The average Bonchev–Trinajstić information content (AvgIpc) is 3.63. The zero-order chi connectivity index (χ0) is 29.9. The number of carbonyl (C=O) groups excluding carboxylic acids is 4. The number of carbonyl (C=O) groups is 4. The molecule has 4 unspecified atom stereocenters. The second kappa shape index (κ2) is 12.7. The molecule has 2 fully saturated rings. The SMILES string of the molecule is COC(CC(C)(C)C)C(=O)N1CC(=O)C2C1CCN2C(=O)C(CC(C)C)NC(=O)Oc1ccc(-c2ccccc2)s1. The third kappa shape index (κ3) is 7.35. The molecule has 2 aliphatic rings. The smallest absolute Gasteiger partial charge is 0.399 e. The van der Waals surface area contributed by atoms with Gasteiger partial charge in [0.25, 0.3) is 5.91 Å². The first-order chi connectivity index (χ1) is 19.4. The van der Waals surface area contributed by atoms with E-state index in [1.165, 1.54) is 23.3 Å². The lowest BCUT2D eigenvalue weighted by atomic mass is 9.88. The Balaban J connectivity index is 1.43. The molecule has 2 aliphatic heterocycles. The summed E-state index contributed by atoms with van der Waals surface area (Å²) in [7, 11) is 1.51. The molecule has 9 nitrogen and oxygen atoms in total. The molecule has 1 N–H and O–H groups in total. The van der Waals surface area contributed by atoms with Crippen LogP contribution in [0.1, 0.15) is 53.9 Å². The van der Waals surface area contributed by atoms with Gasteiger partial charge in [-0.25, -0.2) is 4.79 Å². The molecule has 41 heavy (non-hydrogen) atoms. The van der Waals surface area contributed by atoms with Gasteiger partial charge in [-0.1, -0.05) is 76.3 Å². The predicted octanol–water partition coefficient (Wildman–Crippen LogP) is 4.75. The summed E-state index contributed by atoms with van der Waals surface area (Å²) >= 11 is 1.34. The highest BCUT2D eigenvalue weighted by atomic mass is 32.1. The van der Waals surface area contributed by atoms with Crippen molar-refractivity contribution in [2.75, 3.05) is 20.2 Å². The number of amides is 3. The van der Waals surface area contributed by atoms with Crippen LogP contribution in [-0.4, -0.2) is 77.9 Å². The third-order valence-electron chi connectivity index (χ3n) is 7.48. The minimum Gasteiger partial charge on any atom is -0.399 e. The van der Waals surface area contributed by atoms with Crippen molar-refractivity contribution in [3.05, 3.63) is 42.5 Å². The second-order valence-corrected chi connectivity index (χ2v) is 13.5. The number of thiophene rings is 1. The average molecular weight is 584 g/mol. The molecule has 4 rings (SSSR count). The van der Waals surface area contributed by atoms with Gasteiger partial charge in [0, 0.05) is 18.5 Å². The Hall–Kier alpha value is -3.24. The van der Waals surface area contributed by atoms with Crippen molar-refractivity contribution in [1.82, 2.24) is 15.1 Å². The van der Waals surface area contributed by atoms with Crippen LogP contribution >= 0.6 is 11.3 Å². The van der Waals surface area contributed by atoms with Crippen molar-refractivity contribution in [2.45, 2.75) is 78.1 Å². The Morgan fingerprint density at radius 3 is 2.39 bits per heavy atom. The Labute approximate surface area is 246 Å². The molecule has 2 saturated heterocycles. The van der Waals surface area contributed by atoms with E-state index in [0.717, 1.165) is 10.4 Å². The van der Waals surface area contributed by atoms with Crippen LogP contribution < -0.4 is 10.1 Å². The number of nitrogens with one attached hydrogen (secondary N) is 1. The molecule has 222 valence electrons. The number of likely N-dealkylation sites (tertiary alicyclic amines) is 2. The number of Topliss-reactive ketones (excluding diaryl/α,β-unsaturated/α-hetero) is 1. The van der Waals surface area contributed by atoms with E-state index in [4.69, 9.17) is 9.47 Å². The lowest BCUT2D eigenvalue weighted by molar-refractivity contribution is -0.145. The molecule has 0 spiro atoms. The summed E-state index contributed by atoms with van der Waals surface area (Å²) < 4.78 is 11.1. The third-order valence-corrected chi connectivity index (χ3v) is 8.49. The zero-order valence-electron chi connectivity index (χ0n) is 24.7. The Kier molecular flexibility index (Phi) is 9.54. The van der Waals surface area contributed by atoms with Gasteiger partial charge in [-0.05, 0) is 48.3 Å². The van der Waals surface area contributed by atoms with Gasteiger partial charge >= 0.3 is 6.09 Å². The highest BCUT2D eigenvalue weighted by molar-refractivity contribution is 7.17. The van der Waals surface area contributed by atoms with Crippen LogP contribution in [-0.2, 0) is 19.1 Å². The van der Waals surface area contributed by atoms with E-state index in [9.17, 15) is 19.2 Å². The monoisotopic (exact) mass is 583 g/mol. The maximum atomic E-state index is 13.8. The molecule has 1 aromatic carbocycles. The summed E-state index contributed by atoms with van der Waals surface area (Å²) in [5, 5.41) is 3.16. The van der Waals surface area contributed by atoms with Gasteiger partial charge in [-0.2, -0.15) is 0 Å². The van der Waals surface area contributed by atoms with Gasteiger partial charge in [-0.3, -0.25) is 14.4 Å². The van der Waals surface area contributed by atoms with Gasteiger partial charge < -0.3 is 24.6 Å². The normalized spacial score (nSPS) is 20.2. The van der Waals surface area contributed by atoms with E-state index < -0.39 is 30.3 Å². The largest absolute Gasteiger partial charge is 0.414 e. The molecule has 3 amide bonds. The molecule has 0 aliphatic carbocycles. The van der Waals surface area contributed by atoms with Crippen molar-refractivity contribution in [2.24, 2.45) is 11.3 Å². The summed E-state index contributed by atoms with van der Waals surface area (Å²) in [6.07, 6.45) is 0.0234. The molecular formula is C31H41N3O6S. The summed E-state index contributed by atoms with van der Waals surface area (Å²) in [6.45, 7) is 10.3. The first-order valence-electron chi connectivity index (χ1n) is 14.2. The first kappa shape index (κ1) is 30.7. The molecule has 0 radical (unpaired) electrons. The van der Waals surface area contributed by atoms with Gasteiger partial charge in [0.15, 0.2) is 10.8 Å². The molecule has 0 saturated carbocycles. The fourth-order valence-electron chi connectivity index (χ4n) is 5.66. The summed E-state index contributed by atoms with van der Waals surface area (Å²) in [5.41, 5.74) is 0.890. The van der Waals surface area contributed by atoms with Gasteiger partial charge in [0.2, 0.25) is 5.91 Å². The maximum Gasteiger partial charge on any atom is 0.414 e. The van der Waals surface area contributed by atoms with Crippen LogP contribution in [0.5, 0.6) is 5.06 Å². The van der Waals surface area contributed by atoms with E-state index in [-0.39, 0.29) is 35.5 Å². The van der Waals surface area contributed by atoms with Gasteiger partial charge in [-0.15, -0.1) is 0 Å². The van der Waals surface area contributed by atoms with Gasteiger partial charge in [0.05, 0.1) is 12.6 Å². The van der Waals surface area contributed by atoms with E-state index in [1.54, 1.807) is 11.0 Å². The quantitative estimate of drug-likeness (QED) is 0.457. The number of hydrogen-bond acceptors (Lipinski definition) is 7. The molecular weight excluding hydrogens is 542 g/mol. The molecule has 2 aromatic rings. The van der Waals surface area contributed by atoms with Crippen LogP contribution in [0, 0.1) is 11.3 Å². The van der Waals surface area contributed by atoms with E-state index >= 15 is 0 Å². The zero-order valence-corrected chi connectivity index (χ0v) is 25.5.